The zero-order valence-electron chi connectivity index (χ0n) is 8.00. The highest BCUT2D eigenvalue weighted by molar-refractivity contribution is 6.30. The number of carbonyl (C=O) groups excluding carboxylic acids is 1. The molecule has 0 aliphatic heterocycles. The molecule has 1 aromatic carbocycles. The third kappa shape index (κ3) is 2.67. The number of rotatable bonds is 2. The van der Waals surface area contributed by atoms with Crippen LogP contribution in [0.2, 0.25) is 5.02 Å². The van der Waals surface area contributed by atoms with Gasteiger partial charge in [0.25, 0.3) is 5.91 Å². The summed E-state index contributed by atoms with van der Waals surface area (Å²) < 4.78 is 13.3. The first kappa shape index (κ1) is 11.5. The first-order valence-electron chi connectivity index (χ1n) is 4.13. The number of benzene rings is 1. The van der Waals surface area contributed by atoms with Crippen LogP contribution in [-0.2, 0) is 0 Å². The molecule has 78 valence electrons. The summed E-state index contributed by atoms with van der Waals surface area (Å²) in [4.78, 5) is 12.7. The molecule has 0 saturated carbocycles. The Balaban J connectivity index is 2.97. The van der Waals surface area contributed by atoms with Gasteiger partial charge in [-0.25, -0.2) is 4.39 Å². The number of nitrogens with zero attached hydrogens (tertiary/aromatic N) is 2. The molecule has 0 spiro atoms. The molecule has 15 heavy (non-hydrogen) atoms. The van der Waals surface area contributed by atoms with E-state index >= 15 is 0 Å². The van der Waals surface area contributed by atoms with Gasteiger partial charge in [0.1, 0.15) is 12.4 Å². The van der Waals surface area contributed by atoms with Crippen LogP contribution in [0, 0.1) is 17.1 Å². The number of amides is 1. The van der Waals surface area contributed by atoms with E-state index in [2.05, 4.69) is 0 Å². The number of carbonyl (C=O) groups is 1. The number of halogens is 2. The lowest BCUT2D eigenvalue weighted by atomic mass is 10.2. The van der Waals surface area contributed by atoms with Gasteiger partial charge in [-0.2, -0.15) is 5.26 Å². The van der Waals surface area contributed by atoms with Crippen molar-refractivity contribution in [3.05, 3.63) is 34.6 Å². The third-order valence-corrected chi connectivity index (χ3v) is 2.05. The topological polar surface area (TPSA) is 44.1 Å². The van der Waals surface area contributed by atoms with Gasteiger partial charge in [0, 0.05) is 12.1 Å². The first-order chi connectivity index (χ1) is 7.06. The van der Waals surface area contributed by atoms with E-state index in [-0.39, 0.29) is 17.1 Å². The van der Waals surface area contributed by atoms with E-state index in [0.717, 1.165) is 11.0 Å². The summed E-state index contributed by atoms with van der Waals surface area (Å²) in [5.41, 5.74) is -0.0860. The molecule has 0 fully saturated rings. The van der Waals surface area contributed by atoms with E-state index in [1.807, 2.05) is 0 Å². The zero-order chi connectivity index (χ0) is 11.4. The summed E-state index contributed by atoms with van der Waals surface area (Å²) in [6.07, 6.45) is 0. The maximum absolute atomic E-state index is 13.3. The van der Waals surface area contributed by atoms with E-state index in [1.54, 1.807) is 6.07 Å². The molecule has 0 heterocycles. The largest absolute Gasteiger partial charge is 0.328 e. The van der Waals surface area contributed by atoms with Crippen molar-refractivity contribution in [1.82, 2.24) is 4.90 Å². The molecule has 0 bridgehead atoms. The molecule has 0 N–H and O–H groups in total. The fourth-order valence-electron chi connectivity index (χ4n) is 1.05. The smallest absolute Gasteiger partial charge is 0.257 e. The Bertz CT molecular complexity index is 428. The number of hydrogen-bond acceptors (Lipinski definition) is 2. The molecule has 0 saturated heterocycles. The Kier molecular flexibility index (Phi) is 3.64. The Hall–Kier alpha value is -1.60. The minimum Gasteiger partial charge on any atom is -0.328 e. The van der Waals surface area contributed by atoms with Gasteiger partial charge in [0.05, 0.1) is 11.6 Å². The van der Waals surface area contributed by atoms with E-state index in [9.17, 15) is 9.18 Å². The maximum Gasteiger partial charge on any atom is 0.257 e. The molecule has 1 amide bonds. The lowest BCUT2D eigenvalue weighted by Crippen LogP contribution is -2.27. The summed E-state index contributed by atoms with van der Waals surface area (Å²) in [6.45, 7) is -0.0824. The number of hydrogen-bond donors (Lipinski definition) is 0. The monoisotopic (exact) mass is 226 g/mol. The van der Waals surface area contributed by atoms with Gasteiger partial charge < -0.3 is 4.90 Å². The van der Waals surface area contributed by atoms with Gasteiger partial charge in [-0.1, -0.05) is 11.6 Å². The number of nitriles is 1. The van der Waals surface area contributed by atoms with Gasteiger partial charge in [-0.15, -0.1) is 0 Å². The normalized spacial score (nSPS) is 9.47. The van der Waals surface area contributed by atoms with Crippen LogP contribution in [0.5, 0.6) is 0 Å². The van der Waals surface area contributed by atoms with Gasteiger partial charge in [-0.3, -0.25) is 4.79 Å². The maximum atomic E-state index is 13.3. The molecular weight excluding hydrogens is 219 g/mol. The zero-order valence-corrected chi connectivity index (χ0v) is 8.75. The molecule has 0 aromatic heterocycles. The van der Waals surface area contributed by atoms with Gasteiger partial charge in [0.15, 0.2) is 0 Å². The third-order valence-electron chi connectivity index (χ3n) is 1.82. The molecule has 1 rings (SSSR count). The van der Waals surface area contributed by atoms with Gasteiger partial charge >= 0.3 is 0 Å². The summed E-state index contributed by atoms with van der Waals surface area (Å²) in [5, 5.41) is 8.62. The van der Waals surface area contributed by atoms with Crippen LogP contribution < -0.4 is 0 Å². The Labute approximate surface area is 91.7 Å². The predicted molar refractivity (Wildman–Crippen MR) is 54.0 cm³/mol. The second-order valence-corrected chi connectivity index (χ2v) is 3.38. The van der Waals surface area contributed by atoms with Crippen LogP contribution in [0.4, 0.5) is 4.39 Å². The quantitative estimate of drug-likeness (QED) is 0.725. The van der Waals surface area contributed by atoms with Crippen molar-refractivity contribution in [2.45, 2.75) is 0 Å². The highest BCUT2D eigenvalue weighted by Gasteiger charge is 2.15. The fraction of sp³-hybridized carbons (Fsp3) is 0.200. The average molecular weight is 227 g/mol. The van der Waals surface area contributed by atoms with Crippen LogP contribution in [0.1, 0.15) is 10.4 Å². The Morgan fingerprint density at radius 3 is 2.87 bits per heavy atom. The van der Waals surface area contributed by atoms with Crippen molar-refractivity contribution < 1.29 is 9.18 Å². The summed E-state index contributed by atoms with van der Waals surface area (Å²) >= 11 is 5.55. The van der Waals surface area contributed by atoms with Crippen LogP contribution in [-0.4, -0.2) is 24.4 Å². The van der Waals surface area contributed by atoms with Crippen molar-refractivity contribution >= 4 is 17.5 Å². The molecule has 3 nitrogen and oxygen atoms in total. The van der Waals surface area contributed by atoms with Crippen LogP contribution in [0.3, 0.4) is 0 Å². The Morgan fingerprint density at radius 2 is 2.33 bits per heavy atom. The van der Waals surface area contributed by atoms with Crippen LogP contribution in [0.15, 0.2) is 18.2 Å². The van der Waals surface area contributed by atoms with E-state index < -0.39 is 11.7 Å². The van der Waals surface area contributed by atoms with E-state index in [0.29, 0.717) is 0 Å². The molecule has 5 heteroatoms. The van der Waals surface area contributed by atoms with Crippen molar-refractivity contribution in [3.8, 4) is 6.07 Å². The molecule has 0 unspecified atom stereocenters. The molecule has 0 atom stereocenters. The standard InChI is InChI=1S/C10H8ClFN2O/c1-14(5-4-13)10(15)8-3-2-7(11)6-9(8)12/h2-3,6H,5H2,1H3. The molecule has 1 aromatic rings. The van der Waals surface area contributed by atoms with E-state index in [4.69, 9.17) is 16.9 Å². The minimum atomic E-state index is -0.683. The molecule has 0 aliphatic rings. The second kappa shape index (κ2) is 4.76. The summed E-state index contributed by atoms with van der Waals surface area (Å²) in [5.74, 6) is -1.22. The molecular formula is C10H8ClFN2O. The molecule has 0 aliphatic carbocycles. The van der Waals surface area contributed by atoms with Crippen molar-refractivity contribution in [3.63, 3.8) is 0 Å². The average Bonchev–Trinajstić information content (AvgIpc) is 2.17. The van der Waals surface area contributed by atoms with Crippen LogP contribution in [0.25, 0.3) is 0 Å². The fourth-order valence-corrected chi connectivity index (χ4v) is 1.21. The second-order valence-electron chi connectivity index (χ2n) is 2.94. The highest BCUT2D eigenvalue weighted by Crippen LogP contribution is 2.15. The SMILES string of the molecule is CN(CC#N)C(=O)c1ccc(Cl)cc1F. The Morgan fingerprint density at radius 1 is 1.67 bits per heavy atom. The highest BCUT2D eigenvalue weighted by atomic mass is 35.5. The van der Waals surface area contributed by atoms with Crippen molar-refractivity contribution in [1.29, 1.82) is 5.26 Å². The van der Waals surface area contributed by atoms with Crippen molar-refractivity contribution in [2.24, 2.45) is 0 Å². The minimum absolute atomic E-state index is 0.0824. The predicted octanol–water partition coefficient (Wildman–Crippen LogP) is 2.07. The lowest BCUT2D eigenvalue weighted by Gasteiger charge is -2.13. The molecule has 0 radical (unpaired) electrons. The van der Waals surface area contributed by atoms with E-state index in [1.165, 1.54) is 19.2 Å². The first-order valence-corrected chi connectivity index (χ1v) is 4.51. The van der Waals surface area contributed by atoms with Gasteiger partial charge in [0.2, 0.25) is 0 Å². The lowest BCUT2D eigenvalue weighted by molar-refractivity contribution is 0.0807. The van der Waals surface area contributed by atoms with Crippen molar-refractivity contribution in [2.75, 3.05) is 13.6 Å². The summed E-state index contributed by atoms with van der Waals surface area (Å²) in [7, 11) is 1.43. The van der Waals surface area contributed by atoms with Crippen LogP contribution >= 0.6 is 11.6 Å². The van der Waals surface area contributed by atoms with Gasteiger partial charge in [-0.05, 0) is 18.2 Å². The summed E-state index contributed by atoms with van der Waals surface area (Å²) in [6, 6.07) is 5.60.